The molecule has 100 valence electrons. The Kier molecular flexibility index (Phi) is 4.18. The van der Waals surface area contributed by atoms with Crippen molar-refractivity contribution in [2.45, 2.75) is 17.1 Å². The first-order valence-corrected chi connectivity index (χ1v) is 6.58. The lowest BCUT2D eigenvalue weighted by Crippen LogP contribution is -2.27. The SMILES string of the molecule is COc1ccc(OC)c(S(=O)(=O)C(C)C(=O)O)c1. The zero-order valence-corrected chi connectivity index (χ0v) is 11.0. The fourth-order valence-corrected chi connectivity index (χ4v) is 2.69. The molecular formula is C11H14O6S. The van der Waals surface area contributed by atoms with E-state index in [1.807, 2.05) is 0 Å². The Morgan fingerprint density at radius 1 is 1.28 bits per heavy atom. The lowest BCUT2D eigenvalue weighted by molar-refractivity contribution is -0.136. The van der Waals surface area contributed by atoms with E-state index in [1.165, 1.54) is 32.4 Å². The first-order chi connectivity index (χ1) is 8.34. The molecule has 1 aromatic rings. The smallest absolute Gasteiger partial charge is 0.321 e. The highest BCUT2D eigenvalue weighted by Crippen LogP contribution is 2.30. The number of methoxy groups -OCH3 is 2. The fraction of sp³-hybridized carbons (Fsp3) is 0.364. The van der Waals surface area contributed by atoms with Gasteiger partial charge in [0, 0.05) is 6.07 Å². The minimum atomic E-state index is -4.02. The van der Waals surface area contributed by atoms with Crippen molar-refractivity contribution < 1.29 is 27.8 Å². The van der Waals surface area contributed by atoms with Crippen LogP contribution in [0.2, 0.25) is 0 Å². The van der Waals surface area contributed by atoms with Gasteiger partial charge in [0.25, 0.3) is 0 Å². The van der Waals surface area contributed by atoms with E-state index in [0.717, 1.165) is 6.92 Å². The van der Waals surface area contributed by atoms with Gasteiger partial charge in [-0.15, -0.1) is 0 Å². The van der Waals surface area contributed by atoms with Gasteiger partial charge in [-0.25, -0.2) is 8.42 Å². The van der Waals surface area contributed by atoms with Crippen LogP contribution < -0.4 is 9.47 Å². The number of benzene rings is 1. The summed E-state index contributed by atoms with van der Waals surface area (Å²) >= 11 is 0. The summed E-state index contributed by atoms with van der Waals surface area (Å²) in [4.78, 5) is 10.6. The highest BCUT2D eigenvalue weighted by atomic mass is 32.2. The van der Waals surface area contributed by atoms with Crippen LogP contribution in [0.1, 0.15) is 6.92 Å². The van der Waals surface area contributed by atoms with Gasteiger partial charge < -0.3 is 14.6 Å². The molecule has 0 aliphatic heterocycles. The third kappa shape index (κ3) is 2.56. The zero-order chi connectivity index (χ0) is 13.9. The van der Waals surface area contributed by atoms with E-state index in [1.54, 1.807) is 0 Å². The summed E-state index contributed by atoms with van der Waals surface area (Å²) in [7, 11) is -1.32. The average Bonchev–Trinajstić information content (AvgIpc) is 2.36. The molecule has 0 radical (unpaired) electrons. The van der Waals surface area contributed by atoms with Crippen LogP contribution in [0.25, 0.3) is 0 Å². The lowest BCUT2D eigenvalue weighted by atomic mass is 10.3. The number of hydrogen-bond donors (Lipinski definition) is 1. The first kappa shape index (κ1) is 14.3. The molecule has 0 aliphatic rings. The van der Waals surface area contributed by atoms with Crippen molar-refractivity contribution in [2.75, 3.05) is 14.2 Å². The Morgan fingerprint density at radius 2 is 1.89 bits per heavy atom. The Morgan fingerprint density at radius 3 is 2.33 bits per heavy atom. The summed E-state index contributed by atoms with van der Waals surface area (Å²) in [5.74, 6) is -1.02. The number of rotatable bonds is 5. The predicted octanol–water partition coefficient (Wildman–Crippen LogP) is 0.951. The zero-order valence-electron chi connectivity index (χ0n) is 10.2. The first-order valence-electron chi connectivity index (χ1n) is 5.03. The Bertz CT molecular complexity index is 549. The number of carboxylic acids is 1. The number of carbonyl (C=O) groups is 1. The maximum Gasteiger partial charge on any atom is 0.321 e. The van der Waals surface area contributed by atoms with Crippen LogP contribution in [0, 0.1) is 0 Å². The second-order valence-electron chi connectivity index (χ2n) is 3.54. The molecule has 18 heavy (non-hydrogen) atoms. The second-order valence-corrected chi connectivity index (χ2v) is 5.78. The lowest BCUT2D eigenvalue weighted by Gasteiger charge is -2.13. The normalized spacial score (nSPS) is 12.8. The van der Waals surface area contributed by atoms with Crippen molar-refractivity contribution in [3.8, 4) is 11.5 Å². The van der Waals surface area contributed by atoms with Crippen LogP contribution in [0.3, 0.4) is 0 Å². The summed E-state index contributed by atoms with van der Waals surface area (Å²) in [6.45, 7) is 1.11. The van der Waals surface area contributed by atoms with Crippen LogP contribution in [-0.4, -0.2) is 39.0 Å². The molecular weight excluding hydrogens is 260 g/mol. The summed E-state index contributed by atoms with van der Waals surface area (Å²) in [6.07, 6.45) is 0. The predicted molar refractivity (Wildman–Crippen MR) is 63.8 cm³/mol. The van der Waals surface area contributed by atoms with Gasteiger partial charge in [-0.1, -0.05) is 0 Å². The van der Waals surface area contributed by atoms with Crippen molar-refractivity contribution in [3.05, 3.63) is 18.2 Å². The number of carboxylic acid groups (broad SMARTS) is 1. The molecule has 1 N–H and O–H groups in total. The van der Waals surface area contributed by atoms with Gasteiger partial charge in [-0.2, -0.15) is 0 Å². The number of sulfone groups is 1. The van der Waals surface area contributed by atoms with E-state index in [-0.39, 0.29) is 10.6 Å². The number of aliphatic carboxylic acids is 1. The van der Waals surface area contributed by atoms with Crippen LogP contribution in [0.15, 0.2) is 23.1 Å². The van der Waals surface area contributed by atoms with E-state index < -0.39 is 21.1 Å². The molecule has 0 heterocycles. The van der Waals surface area contributed by atoms with Gasteiger partial charge in [0.2, 0.25) is 0 Å². The van der Waals surface area contributed by atoms with Gasteiger partial charge in [0.15, 0.2) is 15.1 Å². The Hall–Kier alpha value is -1.76. The largest absolute Gasteiger partial charge is 0.497 e. The summed E-state index contributed by atoms with van der Waals surface area (Å²) in [5, 5.41) is 7.26. The molecule has 1 unspecified atom stereocenters. The highest BCUT2D eigenvalue weighted by Gasteiger charge is 2.32. The molecule has 0 fully saturated rings. The van der Waals surface area contributed by atoms with Crippen molar-refractivity contribution in [1.29, 1.82) is 0 Å². The van der Waals surface area contributed by atoms with Crippen molar-refractivity contribution in [3.63, 3.8) is 0 Å². The van der Waals surface area contributed by atoms with Crippen LogP contribution in [0.4, 0.5) is 0 Å². The van der Waals surface area contributed by atoms with E-state index in [9.17, 15) is 13.2 Å². The van der Waals surface area contributed by atoms with Crippen molar-refractivity contribution in [2.24, 2.45) is 0 Å². The minimum absolute atomic E-state index is 0.0869. The molecule has 0 bridgehead atoms. The maximum absolute atomic E-state index is 12.1. The van der Waals surface area contributed by atoms with Crippen LogP contribution >= 0.6 is 0 Å². The molecule has 0 amide bonds. The highest BCUT2D eigenvalue weighted by molar-refractivity contribution is 7.92. The fourth-order valence-electron chi connectivity index (χ4n) is 1.33. The molecule has 0 aliphatic carbocycles. The van der Waals surface area contributed by atoms with E-state index >= 15 is 0 Å². The topological polar surface area (TPSA) is 89.9 Å². The quantitative estimate of drug-likeness (QED) is 0.859. The monoisotopic (exact) mass is 274 g/mol. The van der Waals surface area contributed by atoms with Gasteiger partial charge in [0.1, 0.15) is 16.4 Å². The summed E-state index contributed by atoms with van der Waals surface area (Å²) in [6, 6.07) is 4.19. The van der Waals surface area contributed by atoms with E-state index in [4.69, 9.17) is 14.6 Å². The number of ether oxygens (including phenoxy) is 2. The van der Waals surface area contributed by atoms with E-state index in [2.05, 4.69) is 0 Å². The van der Waals surface area contributed by atoms with E-state index in [0.29, 0.717) is 5.75 Å². The molecule has 7 heteroatoms. The average molecular weight is 274 g/mol. The van der Waals surface area contributed by atoms with Crippen LogP contribution in [-0.2, 0) is 14.6 Å². The molecule has 1 aromatic carbocycles. The summed E-state index contributed by atoms with van der Waals surface area (Å²) < 4.78 is 34.1. The molecule has 0 spiro atoms. The molecule has 6 nitrogen and oxygen atoms in total. The second kappa shape index (κ2) is 5.26. The third-order valence-electron chi connectivity index (χ3n) is 2.49. The van der Waals surface area contributed by atoms with Gasteiger partial charge in [-0.05, 0) is 19.1 Å². The van der Waals surface area contributed by atoms with Gasteiger partial charge in [-0.3, -0.25) is 4.79 Å². The Labute approximate surface area is 105 Å². The maximum atomic E-state index is 12.1. The molecule has 1 rings (SSSR count). The standard InChI is InChI=1S/C11H14O6S/c1-7(11(12)13)18(14,15)10-6-8(16-2)4-5-9(10)17-3/h4-7H,1-3H3,(H,12,13). The summed E-state index contributed by atoms with van der Waals surface area (Å²) in [5.41, 5.74) is 0. The third-order valence-corrected chi connectivity index (χ3v) is 4.56. The molecule has 0 saturated carbocycles. The molecule has 0 saturated heterocycles. The molecule has 1 atom stereocenters. The van der Waals surface area contributed by atoms with Crippen molar-refractivity contribution in [1.82, 2.24) is 0 Å². The Balaban J connectivity index is 3.43. The van der Waals surface area contributed by atoms with Gasteiger partial charge in [0.05, 0.1) is 14.2 Å². The minimum Gasteiger partial charge on any atom is -0.497 e. The number of hydrogen-bond acceptors (Lipinski definition) is 5. The van der Waals surface area contributed by atoms with Crippen LogP contribution in [0.5, 0.6) is 11.5 Å². The molecule has 0 aromatic heterocycles. The van der Waals surface area contributed by atoms with Crippen molar-refractivity contribution >= 4 is 15.8 Å². The van der Waals surface area contributed by atoms with Gasteiger partial charge >= 0.3 is 5.97 Å².